The summed E-state index contributed by atoms with van der Waals surface area (Å²) in [7, 11) is 0. The minimum absolute atomic E-state index is 0.00770. The predicted molar refractivity (Wildman–Crippen MR) is 64.3 cm³/mol. The average Bonchev–Trinajstić information content (AvgIpc) is 2.84. The number of aromatic nitrogens is 1. The summed E-state index contributed by atoms with van der Waals surface area (Å²) in [5, 5.41) is 14.8. The van der Waals surface area contributed by atoms with E-state index in [9.17, 15) is 14.9 Å². The first-order valence-electron chi connectivity index (χ1n) is 5.47. The number of hydrogen-bond acceptors (Lipinski definition) is 6. The Balaban J connectivity index is 2.35. The molecule has 2 aromatic rings. The summed E-state index contributed by atoms with van der Waals surface area (Å²) in [5.41, 5.74) is 0.577. The molecule has 1 aromatic carbocycles. The summed E-state index contributed by atoms with van der Waals surface area (Å²) in [6, 6.07) is 8.72. The van der Waals surface area contributed by atoms with Crippen molar-refractivity contribution in [3.05, 3.63) is 46.2 Å². The van der Waals surface area contributed by atoms with E-state index in [0.717, 1.165) is 0 Å². The van der Waals surface area contributed by atoms with E-state index >= 15 is 0 Å². The van der Waals surface area contributed by atoms with Crippen LogP contribution in [0.1, 0.15) is 5.76 Å². The molecule has 0 radical (unpaired) electrons. The topological polar surface area (TPSA) is 95.5 Å². The van der Waals surface area contributed by atoms with Crippen LogP contribution in [-0.4, -0.2) is 23.2 Å². The number of ether oxygens (including phenoxy) is 1. The summed E-state index contributed by atoms with van der Waals surface area (Å²) in [4.78, 5) is 20.6. The monoisotopic (exact) mass is 262 g/mol. The van der Waals surface area contributed by atoms with Gasteiger partial charge in [0.1, 0.15) is 0 Å². The second kappa shape index (κ2) is 5.76. The Kier molecular flexibility index (Phi) is 3.87. The van der Waals surface area contributed by atoms with Gasteiger partial charge in [0.05, 0.1) is 11.5 Å². The van der Waals surface area contributed by atoms with Crippen LogP contribution in [0, 0.1) is 10.1 Å². The van der Waals surface area contributed by atoms with E-state index in [1.54, 1.807) is 30.3 Å². The van der Waals surface area contributed by atoms with Gasteiger partial charge in [-0.3, -0.25) is 14.9 Å². The molecule has 0 saturated heterocycles. The standard InChI is InChI=1S/C12H10N2O5/c15-8-18-7-6-10-12(14(16)17)11(13-19-10)9-4-2-1-3-5-9/h1-5,8H,6-7H2. The van der Waals surface area contributed by atoms with E-state index in [2.05, 4.69) is 9.89 Å². The van der Waals surface area contributed by atoms with Gasteiger partial charge in [0.15, 0.2) is 5.69 Å². The van der Waals surface area contributed by atoms with Gasteiger partial charge in [-0.15, -0.1) is 0 Å². The Morgan fingerprint density at radius 2 is 2.11 bits per heavy atom. The highest BCUT2D eigenvalue weighted by atomic mass is 16.6. The summed E-state index contributed by atoms with van der Waals surface area (Å²) in [6.45, 7) is 0.286. The predicted octanol–water partition coefficient (Wildman–Crippen LogP) is 1.97. The number of carbonyl (C=O) groups is 1. The average molecular weight is 262 g/mol. The van der Waals surface area contributed by atoms with Gasteiger partial charge in [-0.25, -0.2) is 0 Å². The van der Waals surface area contributed by atoms with Crippen molar-refractivity contribution in [3.8, 4) is 11.3 Å². The maximum Gasteiger partial charge on any atom is 0.339 e. The normalized spacial score (nSPS) is 10.1. The van der Waals surface area contributed by atoms with Crippen LogP contribution < -0.4 is 0 Å². The zero-order chi connectivity index (χ0) is 13.7. The third kappa shape index (κ3) is 2.76. The number of carbonyl (C=O) groups excluding carboxylic acids is 1. The molecular weight excluding hydrogens is 252 g/mol. The summed E-state index contributed by atoms with van der Waals surface area (Å²) in [6.07, 6.45) is 0.106. The molecule has 0 spiro atoms. The van der Waals surface area contributed by atoms with Gasteiger partial charge in [-0.1, -0.05) is 35.5 Å². The zero-order valence-corrected chi connectivity index (χ0v) is 9.81. The van der Waals surface area contributed by atoms with E-state index < -0.39 is 4.92 Å². The van der Waals surface area contributed by atoms with Crippen molar-refractivity contribution in [2.24, 2.45) is 0 Å². The number of benzene rings is 1. The molecule has 98 valence electrons. The van der Waals surface area contributed by atoms with Crippen molar-refractivity contribution >= 4 is 12.2 Å². The molecule has 1 heterocycles. The van der Waals surface area contributed by atoms with Crippen molar-refractivity contribution in [1.29, 1.82) is 0 Å². The molecule has 0 atom stereocenters. The number of nitro groups is 1. The van der Waals surface area contributed by atoms with Crippen LogP contribution in [0.5, 0.6) is 0 Å². The summed E-state index contributed by atoms with van der Waals surface area (Å²) >= 11 is 0. The summed E-state index contributed by atoms with van der Waals surface area (Å²) < 4.78 is 9.47. The molecule has 0 amide bonds. The molecule has 0 unspecified atom stereocenters. The van der Waals surface area contributed by atoms with Gasteiger partial charge in [-0.05, 0) is 0 Å². The van der Waals surface area contributed by atoms with Gasteiger partial charge in [-0.2, -0.15) is 0 Å². The zero-order valence-electron chi connectivity index (χ0n) is 9.81. The highest BCUT2D eigenvalue weighted by Gasteiger charge is 2.27. The SMILES string of the molecule is O=COCCc1onc(-c2ccccc2)c1[N+](=O)[O-]. The Morgan fingerprint density at radius 3 is 2.74 bits per heavy atom. The quantitative estimate of drug-likeness (QED) is 0.342. The van der Waals surface area contributed by atoms with Crippen LogP contribution in [0.4, 0.5) is 5.69 Å². The Bertz CT molecular complexity index is 579. The molecule has 19 heavy (non-hydrogen) atoms. The second-order valence-corrected chi connectivity index (χ2v) is 3.64. The molecule has 2 rings (SSSR count). The van der Waals surface area contributed by atoms with Crippen LogP contribution >= 0.6 is 0 Å². The van der Waals surface area contributed by atoms with E-state index in [1.807, 2.05) is 0 Å². The fraction of sp³-hybridized carbons (Fsp3) is 0.167. The molecule has 0 fully saturated rings. The highest BCUT2D eigenvalue weighted by Crippen LogP contribution is 2.32. The lowest BCUT2D eigenvalue weighted by Crippen LogP contribution is -1.99. The molecule has 0 aliphatic heterocycles. The lowest BCUT2D eigenvalue weighted by atomic mass is 10.1. The second-order valence-electron chi connectivity index (χ2n) is 3.64. The van der Waals surface area contributed by atoms with Crippen LogP contribution in [0.3, 0.4) is 0 Å². The first-order chi connectivity index (χ1) is 9.24. The van der Waals surface area contributed by atoms with Crippen LogP contribution in [-0.2, 0) is 16.0 Å². The van der Waals surface area contributed by atoms with E-state index in [1.165, 1.54) is 0 Å². The molecule has 7 nitrogen and oxygen atoms in total. The molecule has 0 aliphatic carbocycles. The molecule has 0 N–H and O–H groups in total. The fourth-order valence-corrected chi connectivity index (χ4v) is 1.66. The molecule has 0 bridgehead atoms. The minimum Gasteiger partial charge on any atom is -0.467 e. The molecule has 1 aromatic heterocycles. The lowest BCUT2D eigenvalue weighted by molar-refractivity contribution is -0.385. The first kappa shape index (κ1) is 12.7. The Morgan fingerprint density at radius 1 is 1.37 bits per heavy atom. The van der Waals surface area contributed by atoms with Crippen molar-refractivity contribution < 1.29 is 19.0 Å². The fourth-order valence-electron chi connectivity index (χ4n) is 1.66. The minimum atomic E-state index is -0.547. The van der Waals surface area contributed by atoms with Crippen LogP contribution in [0.15, 0.2) is 34.9 Å². The van der Waals surface area contributed by atoms with Gasteiger partial charge >= 0.3 is 5.69 Å². The van der Waals surface area contributed by atoms with Crippen molar-refractivity contribution in [2.75, 3.05) is 6.61 Å². The number of rotatable bonds is 6. The van der Waals surface area contributed by atoms with E-state index in [0.29, 0.717) is 5.56 Å². The largest absolute Gasteiger partial charge is 0.467 e. The Hall–Kier alpha value is -2.70. The van der Waals surface area contributed by atoms with Crippen LogP contribution in [0.2, 0.25) is 0 Å². The molecule has 7 heteroatoms. The number of hydrogen-bond donors (Lipinski definition) is 0. The lowest BCUT2D eigenvalue weighted by Gasteiger charge is -1.96. The van der Waals surface area contributed by atoms with Crippen molar-refractivity contribution in [2.45, 2.75) is 6.42 Å². The summed E-state index contributed by atoms with van der Waals surface area (Å²) in [5.74, 6) is 0.0886. The van der Waals surface area contributed by atoms with Crippen molar-refractivity contribution in [1.82, 2.24) is 5.16 Å². The molecule has 0 saturated carbocycles. The third-order valence-corrected chi connectivity index (χ3v) is 2.48. The van der Waals surface area contributed by atoms with Crippen LogP contribution in [0.25, 0.3) is 11.3 Å². The smallest absolute Gasteiger partial charge is 0.339 e. The van der Waals surface area contributed by atoms with Gasteiger partial charge in [0.2, 0.25) is 5.76 Å². The number of nitrogens with zero attached hydrogens (tertiary/aromatic N) is 2. The van der Waals surface area contributed by atoms with Gasteiger partial charge in [0.25, 0.3) is 6.47 Å². The maximum atomic E-state index is 11.1. The van der Waals surface area contributed by atoms with Crippen molar-refractivity contribution in [3.63, 3.8) is 0 Å². The van der Waals surface area contributed by atoms with Gasteiger partial charge in [0, 0.05) is 12.0 Å². The molecular formula is C12H10N2O5. The highest BCUT2D eigenvalue weighted by molar-refractivity contribution is 5.70. The van der Waals surface area contributed by atoms with E-state index in [4.69, 9.17) is 4.52 Å². The maximum absolute atomic E-state index is 11.1. The third-order valence-electron chi connectivity index (χ3n) is 2.48. The van der Waals surface area contributed by atoms with Gasteiger partial charge < -0.3 is 9.26 Å². The first-order valence-corrected chi connectivity index (χ1v) is 5.47. The molecule has 0 aliphatic rings. The van der Waals surface area contributed by atoms with E-state index in [-0.39, 0.29) is 36.6 Å². The Labute approximate surface area is 107 Å².